The summed E-state index contributed by atoms with van der Waals surface area (Å²) in [5.41, 5.74) is 1.81. The highest BCUT2D eigenvalue weighted by Gasteiger charge is 2.17. The van der Waals surface area contributed by atoms with Gasteiger partial charge in [-0.25, -0.2) is 8.42 Å². The first-order chi connectivity index (χ1) is 8.98. The van der Waals surface area contributed by atoms with Crippen molar-refractivity contribution < 1.29 is 12.9 Å². The van der Waals surface area contributed by atoms with E-state index >= 15 is 0 Å². The average molecular weight is 280 g/mol. The number of rotatable bonds is 5. The lowest BCUT2D eigenvalue weighted by atomic mass is 10.2. The Labute approximate surface area is 112 Å². The lowest BCUT2D eigenvalue weighted by molar-refractivity contribution is 0.383. The maximum atomic E-state index is 12.1. The van der Waals surface area contributed by atoms with Crippen LogP contribution in [0, 0.1) is 6.92 Å². The van der Waals surface area contributed by atoms with Crippen LogP contribution in [0.3, 0.4) is 0 Å². The lowest BCUT2D eigenvalue weighted by Crippen LogP contribution is -2.08. The smallest absolute Gasteiger partial charge is 0.241 e. The Balaban J connectivity index is 2.10. The molecule has 1 aromatic heterocycles. The largest absolute Gasteiger partial charge is 0.338 e. The minimum Gasteiger partial charge on any atom is -0.338 e. The lowest BCUT2D eigenvalue weighted by Gasteiger charge is -2.02. The summed E-state index contributed by atoms with van der Waals surface area (Å²) in [6.07, 6.45) is 0.626. The van der Waals surface area contributed by atoms with Crippen LogP contribution in [0.4, 0.5) is 0 Å². The third-order valence-electron chi connectivity index (χ3n) is 2.64. The number of benzene rings is 1. The summed E-state index contributed by atoms with van der Waals surface area (Å²) in [5, 5.41) is 3.69. The first kappa shape index (κ1) is 13.7. The zero-order valence-corrected chi connectivity index (χ0v) is 11.8. The molecule has 0 atom stereocenters. The highest BCUT2D eigenvalue weighted by atomic mass is 32.2. The highest BCUT2D eigenvalue weighted by Crippen LogP contribution is 2.12. The minimum atomic E-state index is -3.30. The molecule has 0 saturated heterocycles. The van der Waals surface area contributed by atoms with Gasteiger partial charge in [-0.2, -0.15) is 4.98 Å². The molecule has 6 heteroatoms. The van der Waals surface area contributed by atoms with Crippen molar-refractivity contribution in [2.45, 2.75) is 31.8 Å². The van der Waals surface area contributed by atoms with E-state index in [2.05, 4.69) is 10.1 Å². The van der Waals surface area contributed by atoms with Crippen LogP contribution >= 0.6 is 0 Å². The monoisotopic (exact) mass is 280 g/mol. The van der Waals surface area contributed by atoms with Gasteiger partial charge in [-0.05, 0) is 12.5 Å². The molecule has 0 unspecified atom stereocenters. The van der Waals surface area contributed by atoms with Crippen LogP contribution in [-0.2, 0) is 27.8 Å². The van der Waals surface area contributed by atoms with E-state index in [4.69, 9.17) is 4.52 Å². The predicted molar refractivity (Wildman–Crippen MR) is 71.2 cm³/mol. The van der Waals surface area contributed by atoms with Crippen molar-refractivity contribution in [1.29, 1.82) is 0 Å². The maximum absolute atomic E-state index is 12.1. The zero-order valence-electron chi connectivity index (χ0n) is 11.0. The van der Waals surface area contributed by atoms with Gasteiger partial charge < -0.3 is 4.52 Å². The second kappa shape index (κ2) is 5.52. The van der Waals surface area contributed by atoms with Gasteiger partial charge in [0.1, 0.15) is 5.75 Å². The summed E-state index contributed by atoms with van der Waals surface area (Å²) in [5.74, 6) is 0.456. The van der Waals surface area contributed by atoms with Gasteiger partial charge in [-0.3, -0.25) is 0 Å². The molecule has 0 spiro atoms. The van der Waals surface area contributed by atoms with Crippen molar-refractivity contribution in [2.24, 2.45) is 0 Å². The molecule has 19 heavy (non-hydrogen) atoms. The van der Waals surface area contributed by atoms with Crippen molar-refractivity contribution in [2.75, 3.05) is 0 Å². The quantitative estimate of drug-likeness (QED) is 0.838. The van der Waals surface area contributed by atoms with Crippen LogP contribution in [0.25, 0.3) is 0 Å². The normalized spacial score (nSPS) is 11.7. The van der Waals surface area contributed by atoms with Gasteiger partial charge in [0.25, 0.3) is 0 Å². The Morgan fingerprint density at radius 2 is 2.05 bits per heavy atom. The van der Waals surface area contributed by atoms with E-state index in [1.54, 1.807) is 6.07 Å². The molecule has 0 aliphatic carbocycles. The van der Waals surface area contributed by atoms with E-state index in [1.165, 1.54) is 0 Å². The third kappa shape index (κ3) is 3.89. The zero-order chi connectivity index (χ0) is 13.9. The molecule has 0 aliphatic heterocycles. The molecule has 0 bridgehead atoms. The molecule has 1 aromatic carbocycles. The first-order valence-electron chi connectivity index (χ1n) is 6.06. The Morgan fingerprint density at radius 1 is 1.26 bits per heavy atom. The molecule has 0 N–H and O–H groups in total. The number of sulfone groups is 1. The van der Waals surface area contributed by atoms with Crippen LogP contribution in [0.15, 0.2) is 28.8 Å². The van der Waals surface area contributed by atoms with E-state index < -0.39 is 9.84 Å². The predicted octanol–water partition coefficient (Wildman–Crippen LogP) is 2.06. The van der Waals surface area contributed by atoms with Crippen LogP contribution in [-0.4, -0.2) is 18.6 Å². The fourth-order valence-corrected chi connectivity index (χ4v) is 3.07. The topological polar surface area (TPSA) is 73.1 Å². The SMILES string of the molecule is CCc1noc(CS(=O)(=O)Cc2cccc(C)c2)n1. The summed E-state index contributed by atoms with van der Waals surface area (Å²) in [6.45, 7) is 3.82. The average Bonchev–Trinajstić information content (AvgIpc) is 2.75. The highest BCUT2D eigenvalue weighted by molar-refractivity contribution is 7.89. The van der Waals surface area contributed by atoms with Crippen molar-refractivity contribution in [3.8, 4) is 0 Å². The van der Waals surface area contributed by atoms with Crippen molar-refractivity contribution in [1.82, 2.24) is 10.1 Å². The van der Waals surface area contributed by atoms with E-state index in [0.29, 0.717) is 12.2 Å². The minimum absolute atomic E-state index is 0.0154. The van der Waals surface area contributed by atoms with Crippen molar-refractivity contribution in [3.63, 3.8) is 0 Å². The molecule has 2 rings (SSSR count). The van der Waals surface area contributed by atoms with Crippen molar-refractivity contribution >= 4 is 9.84 Å². The molecule has 0 saturated carbocycles. The van der Waals surface area contributed by atoms with E-state index in [9.17, 15) is 8.42 Å². The van der Waals surface area contributed by atoms with Gasteiger partial charge in [0.15, 0.2) is 15.7 Å². The summed E-state index contributed by atoms with van der Waals surface area (Å²) in [6, 6.07) is 7.45. The van der Waals surface area contributed by atoms with Crippen molar-refractivity contribution in [3.05, 3.63) is 47.1 Å². The molecule has 0 radical (unpaired) electrons. The number of aryl methyl sites for hydroxylation is 2. The Morgan fingerprint density at radius 3 is 2.68 bits per heavy atom. The Hall–Kier alpha value is -1.69. The fourth-order valence-electron chi connectivity index (χ4n) is 1.79. The number of hydrogen-bond donors (Lipinski definition) is 0. The molecule has 102 valence electrons. The van der Waals surface area contributed by atoms with Gasteiger partial charge in [0.2, 0.25) is 5.89 Å². The molecule has 1 heterocycles. The van der Waals surface area contributed by atoms with Gasteiger partial charge >= 0.3 is 0 Å². The second-order valence-electron chi connectivity index (χ2n) is 4.48. The van der Waals surface area contributed by atoms with Gasteiger partial charge in [0.05, 0.1) is 5.75 Å². The Bertz CT molecular complexity index is 662. The molecule has 0 amide bonds. The van der Waals surface area contributed by atoms with Crippen LogP contribution in [0.5, 0.6) is 0 Å². The number of hydrogen-bond acceptors (Lipinski definition) is 5. The van der Waals surface area contributed by atoms with Gasteiger partial charge in [-0.15, -0.1) is 0 Å². The van der Waals surface area contributed by atoms with Crippen LogP contribution in [0.1, 0.15) is 29.8 Å². The molecule has 2 aromatic rings. The standard InChI is InChI=1S/C13H16N2O3S/c1-3-12-14-13(18-15-12)9-19(16,17)8-11-6-4-5-10(2)7-11/h4-7H,3,8-9H2,1-2H3. The van der Waals surface area contributed by atoms with E-state index in [1.807, 2.05) is 32.0 Å². The van der Waals surface area contributed by atoms with Crippen LogP contribution < -0.4 is 0 Å². The van der Waals surface area contributed by atoms with Gasteiger partial charge in [0, 0.05) is 6.42 Å². The summed E-state index contributed by atoms with van der Waals surface area (Å²) in [7, 11) is -3.30. The summed E-state index contributed by atoms with van der Waals surface area (Å²) >= 11 is 0. The first-order valence-corrected chi connectivity index (χ1v) is 7.88. The van der Waals surface area contributed by atoms with Gasteiger partial charge in [-0.1, -0.05) is 41.9 Å². The Kier molecular flexibility index (Phi) is 3.99. The molecular weight excluding hydrogens is 264 g/mol. The second-order valence-corrected chi connectivity index (χ2v) is 6.54. The molecular formula is C13H16N2O3S. The molecule has 0 aliphatic rings. The number of nitrogens with zero attached hydrogens (tertiary/aromatic N) is 2. The van der Waals surface area contributed by atoms with E-state index in [-0.39, 0.29) is 17.4 Å². The third-order valence-corrected chi connectivity index (χ3v) is 4.10. The summed E-state index contributed by atoms with van der Waals surface area (Å²) in [4.78, 5) is 4.02. The maximum Gasteiger partial charge on any atom is 0.241 e. The fraction of sp³-hybridized carbons (Fsp3) is 0.385. The summed E-state index contributed by atoms with van der Waals surface area (Å²) < 4.78 is 29.0. The molecule has 0 fully saturated rings. The number of aromatic nitrogens is 2. The molecule has 5 nitrogen and oxygen atoms in total. The van der Waals surface area contributed by atoms with E-state index in [0.717, 1.165) is 11.1 Å². The van der Waals surface area contributed by atoms with Crippen LogP contribution in [0.2, 0.25) is 0 Å².